The number of halogens is 1. The molecule has 0 saturated carbocycles. The Morgan fingerprint density at radius 1 is 1.21 bits per heavy atom. The van der Waals surface area contributed by atoms with E-state index in [9.17, 15) is 9.59 Å². The van der Waals surface area contributed by atoms with Crippen LogP contribution in [0.4, 0.5) is 0 Å². The Kier molecular flexibility index (Phi) is 5.00. The fourth-order valence-electron chi connectivity index (χ4n) is 2.85. The summed E-state index contributed by atoms with van der Waals surface area (Å²) in [6, 6.07) is 10.8. The molecule has 4 nitrogen and oxygen atoms in total. The molecule has 1 aliphatic carbocycles. The van der Waals surface area contributed by atoms with Crippen LogP contribution in [0.3, 0.4) is 0 Å². The van der Waals surface area contributed by atoms with E-state index >= 15 is 0 Å². The third-order valence-corrected chi connectivity index (χ3v) is 4.49. The van der Waals surface area contributed by atoms with E-state index < -0.39 is 5.97 Å². The Bertz CT molecular complexity index is 798. The first kappa shape index (κ1) is 16.7. The monoisotopic (exact) mass is 388 g/mol. The first-order valence-electron chi connectivity index (χ1n) is 7.79. The van der Waals surface area contributed by atoms with Crippen LogP contribution in [0.25, 0.3) is 0 Å². The topological polar surface area (TPSA) is 52.6 Å². The van der Waals surface area contributed by atoms with Crippen molar-refractivity contribution in [2.45, 2.75) is 26.2 Å². The van der Waals surface area contributed by atoms with Crippen LogP contribution in [0.2, 0.25) is 0 Å². The zero-order chi connectivity index (χ0) is 17.1. The maximum atomic E-state index is 12.2. The molecule has 0 unspecified atom stereocenters. The predicted octanol–water partition coefficient (Wildman–Crippen LogP) is 4.26. The molecule has 0 amide bonds. The zero-order valence-electron chi connectivity index (χ0n) is 13.3. The van der Waals surface area contributed by atoms with Crippen LogP contribution in [0.1, 0.15) is 34.3 Å². The van der Waals surface area contributed by atoms with Crippen LogP contribution in [0.15, 0.2) is 40.9 Å². The Labute approximate surface area is 148 Å². The largest absolute Gasteiger partial charge is 0.482 e. The normalized spacial score (nSPS) is 13.3. The molecular weight excluding hydrogens is 372 g/mol. The highest BCUT2D eigenvalue weighted by Crippen LogP contribution is 2.32. The lowest BCUT2D eigenvalue weighted by atomic mass is 9.87. The van der Waals surface area contributed by atoms with Gasteiger partial charge in [-0.05, 0) is 55.2 Å². The number of ketones is 1. The number of Topliss-reactive ketones (excluding diaryl/α,β-unsaturated/α-hetero) is 1. The Morgan fingerprint density at radius 3 is 2.83 bits per heavy atom. The van der Waals surface area contributed by atoms with Crippen LogP contribution >= 0.6 is 15.9 Å². The SMILES string of the molecule is Cc1ccc(OC(=O)COc2cccc(Br)c2)c2c1CCCC2=O. The number of hydrogen-bond acceptors (Lipinski definition) is 4. The van der Waals surface area contributed by atoms with E-state index in [1.165, 1.54) is 0 Å². The summed E-state index contributed by atoms with van der Waals surface area (Å²) in [6.07, 6.45) is 2.18. The second-order valence-electron chi connectivity index (χ2n) is 5.73. The number of rotatable bonds is 4. The van der Waals surface area contributed by atoms with Crippen molar-refractivity contribution in [3.05, 3.63) is 57.6 Å². The van der Waals surface area contributed by atoms with Gasteiger partial charge in [-0.1, -0.05) is 28.1 Å². The lowest BCUT2D eigenvalue weighted by Gasteiger charge is -2.20. The molecule has 124 valence electrons. The highest BCUT2D eigenvalue weighted by atomic mass is 79.9. The summed E-state index contributed by atoms with van der Waals surface area (Å²) in [7, 11) is 0. The summed E-state index contributed by atoms with van der Waals surface area (Å²) in [5.74, 6) is 0.418. The standard InChI is InChI=1S/C19H17BrO4/c1-12-8-9-17(19-15(12)6-3-7-16(19)21)24-18(22)11-23-14-5-2-4-13(20)10-14/h2,4-5,8-10H,3,6-7,11H2,1H3. The molecular formula is C19H17BrO4. The van der Waals surface area contributed by atoms with E-state index in [1.54, 1.807) is 18.2 Å². The van der Waals surface area contributed by atoms with Crippen molar-refractivity contribution in [1.82, 2.24) is 0 Å². The van der Waals surface area contributed by atoms with Gasteiger partial charge in [0, 0.05) is 10.9 Å². The lowest BCUT2D eigenvalue weighted by Crippen LogP contribution is -2.21. The van der Waals surface area contributed by atoms with Gasteiger partial charge < -0.3 is 9.47 Å². The molecule has 0 bridgehead atoms. The van der Waals surface area contributed by atoms with Gasteiger partial charge in [0.2, 0.25) is 0 Å². The highest BCUT2D eigenvalue weighted by Gasteiger charge is 2.24. The molecule has 0 saturated heterocycles. The van der Waals surface area contributed by atoms with Crippen molar-refractivity contribution in [2.75, 3.05) is 6.61 Å². The molecule has 0 heterocycles. The molecule has 1 aliphatic rings. The highest BCUT2D eigenvalue weighted by molar-refractivity contribution is 9.10. The number of aryl methyl sites for hydroxylation is 1. The fraction of sp³-hybridized carbons (Fsp3) is 0.263. The van der Waals surface area contributed by atoms with E-state index in [0.29, 0.717) is 23.5 Å². The number of benzene rings is 2. The van der Waals surface area contributed by atoms with Gasteiger partial charge in [0.1, 0.15) is 11.5 Å². The minimum absolute atomic E-state index is 0.0376. The fourth-order valence-corrected chi connectivity index (χ4v) is 3.22. The molecule has 24 heavy (non-hydrogen) atoms. The van der Waals surface area contributed by atoms with Crippen LogP contribution in [0, 0.1) is 6.92 Å². The van der Waals surface area contributed by atoms with Gasteiger partial charge in [0.05, 0.1) is 5.56 Å². The van der Waals surface area contributed by atoms with Crippen molar-refractivity contribution in [2.24, 2.45) is 0 Å². The van der Waals surface area contributed by atoms with Crippen LogP contribution in [-0.2, 0) is 11.2 Å². The minimum atomic E-state index is -0.528. The molecule has 0 spiro atoms. The molecule has 0 atom stereocenters. The van der Waals surface area contributed by atoms with Gasteiger partial charge >= 0.3 is 5.97 Å². The predicted molar refractivity (Wildman–Crippen MR) is 93.7 cm³/mol. The van der Waals surface area contributed by atoms with Gasteiger partial charge in [-0.2, -0.15) is 0 Å². The molecule has 3 rings (SSSR count). The first-order valence-corrected chi connectivity index (χ1v) is 8.58. The molecule has 0 aliphatic heterocycles. The van der Waals surface area contributed by atoms with E-state index in [2.05, 4.69) is 15.9 Å². The summed E-state index contributed by atoms with van der Waals surface area (Å²) in [4.78, 5) is 24.3. The summed E-state index contributed by atoms with van der Waals surface area (Å²) < 4.78 is 11.7. The van der Waals surface area contributed by atoms with Gasteiger partial charge in [-0.3, -0.25) is 4.79 Å². The number of carbonyl (C=O) groups excluding carboxylic acids is 2. The van der Waals surface area contributed by atoms with Gasteiger partial charge in [0.15, 0.2) is 12.4 Å². The minimum Gasteiger partial charge on any atom is -0.482 e. The average Bonchev–Trinajstić information content (AvgIpc) is 2.56. The molecule has 5 heteroatoms. The lowest BCUT2D eigenvalue weighted by molar-refractivity contribution is -0.136. The van der Waals surface area contributed by atoms with Crippen molar-refractivity contribution in [3.8, 4) is 11.5 Å². The maximum absolute atomic E-state index is 12.2. The number of fused-ring (bicyclic) bond motifs is 1. The molecule has 0 fully saturated rings. The Balaban J connectivity index is 1.72. The number of carbonyl (C=O) groups is 2. The van der Waals surface area contributed by atoms with Crippen molar-refractivity contribution in [1.29, 1.82) is 0 Å². The van der Waals surface area contributed by atoms with Crippen molar-refractivity contribution < 1.29 is 19.1 Å². The number of esters is 1. The second-order valence-corrected chi connectivity index (χ2v) is 6.65. The Hall–Kier alpha value is -2.14. The average molecular weight is 389 g/mol. The first-order chi connectivity index (χ1) is 11.5. The van der Waals surface area contributed by atoms with Crippen LogP contribution < -0.4 is 9.47 Å². The zero-order valence-corrected chi connectivity index (χ0v) is 14.9. The third kappa shape index (κ3) is 3.67. The van der Waals surface area contributed by atoms with E-state index in [0.717, 1.165) is 28.4 Å². The molecule has 0 aromatic heterocycles. The Morgan fingerprint density at radius 2 is 2.04 bits per heavy atom. The summed E-state index contributed by atoms with van der Waals surface area (Å²) in [6.45, 7) is 1.76. The second kappa shape index (κ2) is 7.18. The van der Waals surface area contributed by atoms with Crippen LogP contribution in [-0.4, -0.2) is 18.4 Å². The summed E-state index contributed by atoms with van der Waals surface area (Å²) in [5.41, 5.74) is 2.60. The van der Waals surface area contributed by atoms with Crippen molar-refractivity contribution >= 4 is 27.7 Å². The van der Waals surface area contributed by atoms with E-state index in [1.807, 2.05) is 25.1 Å². The summed E-state index contributed by atoms with van der Waals surface area (Å²) in [5, 5.41) is 0. The molecule has 2 aromatic carbocycles. The quantitative estimate of drug-likeness (QED) is 0.579. The van der Waals surface area contributed by atoms with E-state index in [-0.39, 0.29) is 12.4 Å². The van der Waals surface area contributed by atoms with Crippen molar-refractivity contribution in [3.63, 3.8) is 0 Å². The van der Waals surface area contributed by atoms with Gasteiger partial charge in [-0.25, -0.2) is 4.79 Å². The van der Waals surface area contributed by atoms with Gasteiger partial charge in [-0.15, -0.1) is 0 Å². The maximum Gasteiger partial charge on any atom is 0.349 e. The third-order valence-electron chi connectivity index (χ3n) is 3.99. The molecule has 2 aromatic rings. The molecule has 0 N–H and O–H groups in total. The van der Waals surface area contributed by atoms with Crippen LogP contribution in [0.5, 0.6) is 11.5 Å². The number of ether oxygens (including phenoxy) is 2. The van der Waals surface area contributed by atoms with E-state index in [4.69, 9.17) is 9.47 Å². The molecule has 0 radical (unpaired) electrons. The summed E-state index contributed by atoms with van der Waals surface area (Å²) >= 11 is 3.34. The number of hydrogen-bond donors (Lipinski definition) is 0. The smallest absolute Gasteiger partial charge is 0.349 e. The van der Waals surface area contributed by atoms with Gasteiger partial charge in [0.25, 0.3) is 0 Å².